The summed E-state index contributed by atoms with van der Waals surface area (Å²) in [6, 6.07) is 0. The van der Waals surface area contributed by atoms with Crippen LogP contribution in [0.25, 0.3) is 0 Å². The van der Waals surface area contributed by atoms with Gasteiger partial charge in [-0.15, -0.1) is 0 Å². The number of hydrogen-bond acceptors (Lipinski definition) is 4. The maximum absolute atomic E-state index is 5.51. The van der Waals surface area contributed by atoms with Crippen LogP contribution in [0, 0.1) is 0 Å². The Balaban J connectivity index is 4.07. The highest BCUT2D eigenvalue weighted by atomic mass is 28.2. The second-order valence-corrected chi connectivity index (χ2v) is 5.69. The summed E-state index contributed by atoms with van der Waals surface area (Å²) in [6.07, 6.45) is 2.30. The van der Waals surface area contributed by atoms with Gasteiger partial charge in [0.15, 0.2) is 0 Å². The van der Waals surface area contributed by atoms with E-state index in [1.165, 1.54) is 0 Å². The van der Waals surface area contributed by atoms with Gasteiger partial charge in [0.1, 0.15) is 0 Å². The predicted octanol–water partition coefficient (Wildman–Crippen LogP) is -4.65. The van der Waals surface area contributed by atoms with E-state index in [-0.39, 0.29) is 0 Å². The average Bonchev–Trinajstić information content (AvgIpc) is 2.15. The van der Waals surface area contributed by atoms with Crippen molar-refractivity contribution in [1.82, 2.24) is 0 Å². The molecule has 0 aromatic rings. The molecule has 0 aromatic heterocycles. The van der Waals surface area contributed by atoms with Crippen LogP contribution in [0.4, 0.5) is 0 Å². The van der Waals surface area contributed by atoms with Crippen molar-refractivity contribution in [3.63, 3.8) is 0 Å². The minimum Gasteiger partial charge on any atom is -0.419 e. The number of hydrogen-bond donors (Lipinski definition) is 0. The number of rotatable bonds is 8. The molecule has 4 nitrogen and oxygen atoms in total. The molecule has 0 rings (SSSR count). The zero-order valence-electron chi connectivity index (χ0n) is 8.96. The van der Waals surface area contributed by atoms with E-state index in [2.05, 4.69) is 0 Å². The summed E-state index contributed by atoms with van der Waals surface area (Å²) in [6.45, 7) is 0. The monoisotopic (exact) mass is 256 g/mol. The van der Waals surface area contributed by atoms with E-state index in [4.69, 9.17) is 18.6 Å². The van der Waals surface area contributed by atoms with Crippen molar-refractivity contribution in [2.75, 3.05) is 25.8 Å². The molecule has 0 amide bonds. The van der Waals surface area contributed by atoms with Crippen molar-refractivity contribution in [1.29, 1.82) is 0 Å². The maximum atomic E-state index is 5.51. The molecule has 8 heteroatoms. The first kappa shape index (κ1) is 13.7. The van der Waals surface area contributed by atoms with Gasteiger partial charge in [-0.05, 0) is 0 Å². The average molecular weight is 257 g/mol. The Kier molecular flexibility index (Phi) is 8.49. The topological polar surface area (TPSA) is 36.9 Å². The molecule has 0 aromatic carbocycles. The fourth-order valence-corrected chi connectivity index (χ4v) is 4.42. The molecule has 0 bridgehead atoms. The van der Waals surface area contributed by atoms with Gasteiger partial charge in [0.2, 0.25) is 0 Å². The minimum absolute atomic E-state index is 0.729. The molecule has 0 saturated heterocycles. The lowest BCUT2D eigenvalue weighted by molar-refractivity contribution is -0.308. The van der Waals surface area contributed by atoms with Crippen molar-refractivity contribution in [2.45, 2.75) is 5.60 Å². The van der Waals surface area contributed by atoms with Crippen molar-refractivity contribution in [3.05, 3.63) is 0 Å². The van der Waals surface area contributed by atoms with E-state index in [0.29, 0.717) is 0 Å². The first-order valence-corrected chi connectivity index (χ1v) is 10.2. The molecule has 0 fully saturated rings. The molecule has 0 saturated carbocycles. The highest BCUT2D eigenvalue weighted by Crippen LogP contribution is 2.11. The van der Waals surface area contributed by atoms with E-state index in [0.717, 1.165) is 49.4 Å². The Hall–Kier alpha value is 0.708. The predicted molar refractivity (Wildman–Crippen MR) is 66.0 cm³/mol. The van der Waals surface area contributed by atoms with Crippen LogP contribution >= 0.6 is 0 Å². The maximum Gasteiger partial charge on any atom is 0.278 e. The standard InChI is InChI=1S/C5H20O4Si4/c1-6-5(7-2-10,8-3-11)13-9-4-12/h2-4,13H2,1,10-12H3. The van der Waals surface area contributed by atoms with E-state index in [1.807, 2.05) is 0 Å². The highest BCUT2D eigenvalue weighted by Gasteiger charge is 2.32. The van der Waals surface area contributed by atoms with Crippen molar-refractivity contribution in [2.24, 2.45) is 0 Å². The Labute approximate surface area is 90.9 Å². The molecule has 0 aliphatic rings. The molecule has 13 heavy (non-hydrogen) atoms. The number of ether oxygens (including phenoxy) is 3. The van der Waals surface area contributed by atoms with E-state index in [9.17, 15) is 0 Å². The van der Waals surface area contributed by atoms with Gasteiger partial charge in [0.05, 0.1) is 0 Å². The van der Waals surface area contributed by atoms with Crippen molar-refractivity contribution < 1.29 is 18.6 Å². The first-order valence-electron chi connectivity index (χ1n) is 4.65. The van der Waals surface area contributed by atoms with E-state index >= 15 is 0 Å². The molecular weight excluding hydrogens is 236 g/mol. The van der Waals surface area contributed by atoms with Crippen LogP contribution < -0.4 is 0 Å². The lowest BCUT2D eigenvalue weighted by Gasteiger charge is -2.30. The summed E-state index contributed by atoms with van der Waals surface area (Å²) in [5, 5.41) is 0. The SMILES string of the molecule is COC(OC[SiH3])(OC[SiH3])[SiH2]OC[SiH3]. The Morgan fingerprint density at radius 1 is 1.08 bits per heavy atom. The lowest BCUT2D eigenvalue weighted by Crippen LogP contribution is -2.46. The summed E-state index contributed by atoms with van der Waals surface area (Å²) in [7, 11) is 3.78. The Morgan fingerprint density at radius 2 is 1.62 bits per heavy atom. The fraction of sp³-hybridized carbons (Fsp3) is 1.00. The summed E-state index contributed by atoms with van der Waals surface area (Å²) >= 11 is 0. The quantitative estimate of drug-likeness (QED) is 0.323. The summed E-state index contributed by atoms with van der Waals surface area (Å²) in [5.41, 5.74) is -0.798. The van der Waals surface area contributed by atoms with Gasteiger partial charge < -0.3 is 18.6 Å². The molecule has 0 heterocycles. The molecular formula is C5H20O4Si4. The largest absolute Gasteiger partial charge is 0.419 e. The summed E-state index contributed by atoms with van der Waals surface area (Å²) in [5.74, 6) is 0. The van der Waals surface area contributed by atoms with Crippen LogP contribution in [0.1, 0.15) is 0 Å². The Bertz CT molecular complexity index is 119. The van der Waals surface area contributed by atoms with Crippen LogP contribution in [0.2, 0.25) is 0 Å². The van der Waals surface area contributed by atoms with Gasteiger partial charge in [-0.3, -0.25) is 0 Å². The minimum atomic E-state index is -0.891. The molecule has 80 valence electrons. The van der Waals surface area contributed by atoms with Crippen molar-refractivity contribution >= 4 is 40.5 Å². The molecule has 0 unspecified atom stereocenters. The molecule has 0 atom stereocenters. The highest BCUT2D eigenvalue weighted by molar-refractivity contribution is 6.31. The van der Waals surface area contributed by atoms with E-state index < -0.39 is 15.4 Å². The summed E-state index contributed by atoms with van der Waals surface area (Å²) < 4.78 is 21.8. The zero-order chi connectivity index (χ0) is 10.2. The van der Waals surface area contributed by atoms with Crippen molar-refractivity contribution in [3.8, 4) is 0 Å². The number of methoxy groups -OCH3 is 1. The molecule has 0 N–H and O–H groups in total. The smallest absolute Gasteiger partial charge is 0.278 e. The molecule has 0 spiro atoms. The summed E-state index contributed by atoms with van der Waals surface area (Å²) in [4.78, 5) is 0. The zero-order valence-corrected chi connectivity index (χ0v) is 16.4. The lowest BCUT2D eigenvalue weighted by atomic mass is 11.1. The van der Waals surface area contributed by atoms with Gasteiger partial charge in [-0.25, -0.2) is 0 Å². The third kappa shape index (κ3) is 5.22. The van der Waals surface area contributed by atoms with Crippen LogP contribution in [-0.4, -0.2) is 71.9 Å². The first-order chi connectivity index (χ1) is 6.24. The van der Waals surface area contributed by atoms with Crippen LogP contribution in [0.3, 0.4) is 0 Å². The van der Waals surface area contributed by atoms with E-state index in [1.54, 1.807) is 7.11 Å². The fourth-order valence-electron chi connectivity index (χ4n) is 0.969. The van der Waals surface area contributed by atoms with Gasteiger partial charge in [-0.2, -0.15) is 0 Å². The van der Waals surface area contributed by atoms with Crippen LogP contribution in [0.15, 0.2) is 0 Å². The van der Waals surface area contributed by atoms with Crippen LogP contribution in [-0.2, 0) is 18.6 Å². The van der Waals surface area contributed by atoms with Gasteiger partial charge in [-0.1, -0.05) is 0 Å². The second-order valence-electron chi connectivity index (χ2n) is 2.39. The molecule has 0 radical (unpaired) electrons. The third-order valence-corrected chi connectivity index (χ3v) is 4.99. The van der Waals surface area contributed by atoms with Crippen LogP contribution in [0.5, 0.6) is 0 Å². The van der Waals surface area contributed by atoms with Gasteiger partial charge >= 0.3 is 0 Å². The Morgan fingerprint density at radius 3 is 1.92 bits per heavy atom. The van der Waals surface area contributed by atoms with Gasteiger partial charge in [0, 0.05) is 56.5 Å². The van der Waals surface area contributed by atoms with Gasteiger partial charge in [0.25, 0.3) is 15.4 Å². The third-order valence-electron chi connectivity index (χ3n) is 1.52. The molecule has 0 aliphatic carbocycles. The second kappa shape index (κ2) is 8.05. The normalized spacial score (nSPS) is 17.3. The molecule has 0 aliphatic heterocycles.